The number of rotatable bonds is 3. The van der Waals surface area contributed by atoms with Crippen molar-refractivity contribution in [2.75, 3.05) is 26.2 Å². The molecular weight excluding hydrogens is 338 g/mol. The van der Waals surface area contributed by atoms with Crippen LogP contribution in [0.15, 0.2) is 54.6 Å². The maximum absolute atomic E-state index is 12.6. The number of benzene rings is 2. The molecule has 1 fully saturated rings. The van der Waals surface area contributed by atoms with Crippen LogP contribution in [0.25, 0.3) is 11.1 Å². The van der Waals surface area contributed by atoms with Crippen LogP contribution >= 0.6 is 0 Å². The molecule has 0 saturated carbocycles. The van der Waals surface area contributed by atoms with Gasteiger partial charge in [0.2, 0.25) is 5.91 Å². The number of amides is 3. The van der Waals surface area contributed by atoms with Crippen LogP contribution in [0.5, 0.6) is 0 Å². The molecule has 3 rings (SSSR count). The van der Waals surface area contributed by atoms with Gasteiger partial charge in [-0.1, -0.05) is 54.6 Å². The van der Waals surface area contributed by atoms with Gasteiger partial charge in [0.15, 0.2) is 0 Å². The van der Waals surface area contributed by atoms with E-state index in [1.807, 2.05) is 25.1 Å². The summed E-state index contributed by atoms with van der Waals surface area (Å²) >= 11 is 0. The van der Waals surface area contributed by atoms with Crippen LogP contribution < -0.4 is 5.32 Å². The molecule has 0 aromatic heterocycles. The van der Waals surface area contributed by atoms with Gasteiger partial charge in [-0.15, -0.1) is 0 Å². The van der Waals surface area contributed by atoms with Crippen LogP contribution in [0, 0.1) is 0 Å². The zero-order chi connectivity index (χ0) is 19.2. The number of hydrogen-bond donors (Lipinski definition) is 1. The van der Waals surface area contributed by atoms with Crippen LogP contribution in [-0.4, -0.2) is 47.9 Å². The lowest BCUT2D eigenvalue weighted by Gasteiger charge is -2.24. The number of nitrogens with one attached hydrogen (secondary N) is 1. The number of nitrogens with zero attached hydrogens (tertiary/aromatic N) is 2. The zero-order valence-corrected chi connectivity index (χ0v) is 16.0. The first-order valence-corrected chi connectivity index (χ1v) is 9.51. The lowest BCUT2D eigenvalue weighted by molar-refractivity contribution is -0.128. The van der Waals surface area contributed by atoms with E-state index in [4.69, 9.17) is 0 Å². The van der Waals surface area contributed by atoms with Crippen molar-refractivity contribution in [3.05, 3.63) is 60.2 Å². The van der Waals surface area contributed by atoms with Gasteiger partial charge in [-0.3, -0.25) is 4.79 Å². The summed E-state index contributed by atoms with van der Waals surface area (Å²) in [4.78, 5) is 27.7. The van der Waals surface area contributed by atoms with E-state index < -0.39 is 0 Å². The van der Waals surface area contributed by atoms with E-state index in [0.717, 1.165) is 24.1 Å². The molecule has 2 aromatic carbocycles. The Morgan fingerprint density at radius 3 is 2.11 bits per heavy atom. The first-order valence-electron chi connectivity index (χ1n) is 9.51. The number of carbonyl (C=O) groups excluding carboxylic acids is 2. The fourth-order valence-corrected chi connectivity index (χ4v) is 3.39. The van der Waals surface area contributed by atoms with Crippen LogP contribution in [-0.2, 0) is 4.79 Å². The van der Waals surface area contributed by atoms with Gasteiger partial charge in [0, 0.05) is 33.1 Å². The maximum Gasteiger partial charge on any atom is 0.317 e. The second kappa shape index (κ2) is 8.71. The Kier molecular flexibility index (Phi) is 6.12. The number of urea groups is 1. The summed E-state index contributed by atoms with van der Waals surface area (Å²) in [5.74, 6) is 0.0733. The minimum atomic E-state index is -0.0745. The van der Waals surface area contributed by atoms with Gasteiger partial charge in [0.1, 0.15) is 0 Å². The van der Waals surface area contributed by atoms with Crippen molar-refractivity contribution >= 4 is 11.9 Å². The topological polar surface area (TPSA) is 52.7 Å². The molecule has 0 bridgehead atoms. The Bertz CT molecular complexity index is 774. The Morgan fingerprint density at radius 1 is 0.852 bits per heavy atom. The van der Waals surface area contributed by atoms with E-state index >= 15 is 0 Å². The molecular formula is C22H27N3O2. The van der Waals surface area contributed by atoms with E-state index in [2.05, 4.69) is 41.7 Å². The molecule has 1 saturated heterocycles. The largest absolute Gasteiger partial charge is 0.341 e. The number of carbonyl (C=O) groups is 2. The Morgan fingerprint density at radius 2 is 1.44 bits per heavy atom. The third-order valence-corrected chi connectivity index (χ3v) is 5.09. The van der Waals surface area contributed by atoms with Crippen molar-refractivity contribution in [2.24, 2.45) is 0 Å². The Labute approximate surface area is 161 Å². The normalized spacial score (nSPS) is 15.8. The van der Waals surface area contributed by atoms with E-state index in [1.54, 1.807) is 16.7 Å². The zero-order valence-electron chi connectivity index (χ0n) is 16.0. The summed E-state index contributed by atoms with van der Waals surface area (Å²) in [5.41, 5.74) is 3.42. The Hall–Kier alpha value is -2.82. The molecule has 1 aliphatic rings. The summed E-state index contributed by atoms with van der Waals surface area (Å²) in [6.45, 7) is 6.14. The summed E-state index contributed by atoms with van der Waals surface area (Å²) < 4.78 is 0. The molecule has 1 N–H and O–H groups in total. The quantitative estimate of drug-likeness (QED) is 0.902. The second-order valence-corrected chi connectivity index (χ2v) is 7.01. The van der Waals surface area contributed by atoms with Crippen LogP contribution in [0.3, 0.4) is 0 Å². The minimum absolute atomic E-state index is 0.0694. The third kappa shape index (κ3) is 4.88. The van der Waals surface area contributed by atoms with E-state index in [0.29, 0.717) is 19.6 Å². The molecule has 5 heteroatoms. The molecule has 1 atom stereocenters. The summed E-state index contributed by atoms with van der Waals surface area (Å²) in [6, 6.07) is 18.4. The minimum Gasteiger partial charge on any atom is -0.341 e. The standard InChI is InChI=1S/C22H27N3O2/c1-17(19-9-11-21(12-10-19)20-7-4-3-5-8-20)23-22(27)25-14-6-13-24(15-16-25)18(2)26/h3-5,7-12,17H,6,13-16H2,1-2H3,(H,23,27)/t17-/m1/s1. The van der Waals surface area contributed by atoms with Crippen molar-refractivity contribution in [3.63, 3.8) is 0 Å². The monoisotopic (exact) mass is 365 g/mol. The summed E-state index contributed by atoms with van der Waals surface area (Å²) in [5, 5.41) is 3.08. The summed E-state index contributed by atoms with van der Waals surface area (Å²) in [7, 11) is 0. The highest BCUT2D eigenvalue weighted by Gasteiger charge is 2.21. The fourth-order valence-electron chi connectivity index (χ4n) is 3.39. The number of hydrogen-bond acceptors (Lipinski definition) is 2. The van der Waals surface area contributed by atoms with Crippen LogP contribution in [0.2, 0.25) is 0 Å². The molecule has 3 amide bonds. The lowest BCUT2D eigenvalue weighted by Crippen LogP contribution is -2.43. The van der Waals surface area contributed by atoms with Crippen molar-refractivity contribution < 1.29 is 9.59 Å². The highest BCUT2D eigenvalue weighted by molar-refractivity contribution is 5.76. The SMILES string of the molecule is CC(=O)N1CCCN(C(=O)N[C@H](C)c2ccc(-c3ccccc3)cc2)CC1. The maximum atomic E-state index is 12.6. The van der Waals surface area contributed by atoms with Gasteiger partial charge >= 0.3 is 6.03 Å². The molecule has 2 aromatic rings. The molecule has 0 unspecified atom stereocenters. The van der Waals surface area contributed by atoms with Crippen molar-refractivity contribution in [1.29, 1.82) is 0 Å². The van der Waals surface area contributed by atoms with E-state index in [-0.39, 0.29) is 18.0 Å². The fraction of sp³-hybridized carbons (Fsp3) is 0.364. The first kappa shape index (κ1) is 19.0. The highest BCUT2D eigenvalue weighted by Crippen LogP contribution is 2.22. The molecule has 0 spiro atoms. The first-order chi connectivity index (χ1) is 13.0. The predicted octanol–water partition coefficient (Wildman–Crippen LogP) is 3.68. The molecule has 0 radical (unpaired) electrons. The van der Waals surface area contributed by atoms with Crippen molar-refractivity contribution in [3.8, 4) is 11.1 Å². The summed E-state index contributed by atoms with van der Waals surface area (Å²) in [6.07, 6.45) is 0.813. The van der Waals surface area contributed by atoms with Crippen molar-refractivity contribution in [1.82, 2.24) is 15.1 Å². The second-order valence-electron chi connectivity index (χ2n) is 7.01. The molecule has 27 heavy (non-hydrogen) atoms. The van der Waals surface area contributed by atoms with Gasteiger partial charge in [0.25, 0.3) is 0 Å². The molecule has 142 valence electrons. The molecule has 0 aliphatic carbocycles. The van der Waals surface area contributed by atoms with E-state index in [9.17, 15) is 9.59 Å². The van der Waals surface area contributed by atoms with Gasteiger partial charge in [-0.2, -0.15) is 0 Å². The molecule has 1 heterocycles. The van der Waals surface area contributed by atoms with Gasteiger partial charge in [-0.05, 0) is 30.0 Å². The average Bonchev–Trinajstić information content (AvgIpc) is 2.95. The van der Waals surface area contributed by atoms with E-state index in [1.165, 1.54) is 5.56 Å². The Balaban J connectivity index is 1.59. The van der Waals surface area contributed by atoms with Crippen LogP contribution in [0.1, 0.15) is 31.9 Å². The molecule has 5 nitrogen and oxygen atoms in total. The third-order valence-electron chi connectivity index (χ3n) is 5.09. The van der Waals surface area contributed by atoms with Gasteiger partial charge < -0.3 is 15.1 Å². The highest BCUT2D eigenvalue weighted by atomic mass is 16.2. The van der Waals surface area contributed by atoms with Crippen molar-refractivity contribution in [2.45, 2.75) is 26.3 Å². The predicted molar refractivity (Wildman–Crippen MR) is 107 cm³/mol. The van der Waals surface area contributed by atoms with Gasteiger partial charge in [0.05, 0.1) is 6.04 Å². The van der Waals surface area contributed by atoms with Gasteiger partial charge in [-0.25, -0.2) is 4.79 Å². The van der Waals surface area contributed by atoms with Crippen LogP contribution in [0.4, 0.5) is 4.79 Å². The smallest absolute Gasteiger partial charge is 0.317 e. The molecule has 1 aliphatic heterocycles. The lowest BCUT2D eigenvalue weighted by atomic mass is 10.0. The average molecular weight is 365 g/mol.